The lowest BCUT2D eigenvalue weighted by Crippen LogP contribution is -2.69. The van der Waals surface area contributed by atoms with E-state index >= 15 is 0 Å². The highest BCUT2D eigenvalue weighted by Crippen LogP contribution is 2.39. The molecule has 0 aromatic heterocycles. The van der Waals surface area contributed by atoms with E-state index in [1.807, 2.05) is 0 Å². The van der Waals surface area contributed by atoms with Crippen LogP contribution in [0.1, 0.15) is 30.6 Å². The van der Waals surface area contributed by atoms with Crippen LogP contribution in [0.15, 0.2) is 42.5 Å². The SMILES string of the molecule is COC(=O)[C@]1(NC(=O)c2ccccc2)[C@@H](O)C=CC[C@H]1[C@H]1COC(C)(C)O1. The number of ether oxygens (including phenoxy) is 3. The number of benzene rings is 1. The van der Waals surface area contributed by atoms with Crippen molar-refractivity contribution in [3.63, 3.8) is 0 Å². The fourth-order valence-corrected chi connectivity index (χ4v) is 3.78. The van der Waals surface area contributed by atoms with Crippen molar-refractivity contribution in [2.24, 2.45) is 5.92 Å². The summed E-state index contributed by atoms with van der Waals surface area (Å²) in [5.74, 6) is -2.55. The minimum Gasteiger partial charge on any atom is -0.467 e. The van der Waals surface area contributed by atoms with Gasteiger partial charge in [0.05, 0.1) is 19.8 Å². The van der Waals surface area contributed by atoms with Gasteiger partial charge in [-0.05, 0) is 32.4 Å². The van der Waals surface area contributed by atoms with Gasteiger partial charge in [-0.1, -0.05) is 30.4 Å². The van der Waals surface area contributed by atoms with Crippen molar-refractivity contribution >= 4 is 11.9 Å². The molecule has 1 amide bonds. The van der Waals surface area contributed by atoms with Gasteiger partial charge in [0, 0.05) is 11.5 Å². The van der Waals surface area contributed by atoms with Crippen LogP contribution in [0.4, 0.5) is 0 Å². The van der Waals surface area contributed by atoms with E-state index in [4.69, 9.17) is 14.2 Å². The fourth-order valence-electron chi connectivity index (χ4n) is 3.78. The van der Waals surface area contributed by atoms with Gasteiger partial charge in [0.25, 0.3) is 5.91 Å². The Bertz CT molecular complexity index is 731. The van der Waals surface area contributed by atoms with E-state index in [2.05, 4.69) is 5.32 Å². The van der Waals surface area contributed by atoms with E-state index in [0.717, 1.165) is 0 Å². The molecule has 0 unspecified atom stereocenters. The van der Waals surface area contributed by atoms with E-state index in [1.165, 1.54) is 13.2 Å². The molecule has 0 saturated carbocycles. The summed E-state index contributed by atoms with van der Waals surface area (Å²) in [6.07, 6.45) is 1.95. The lowest BCUT2D eigenvalue weighted by Gasteiger charge is -2.44. The molecule has 7 nitrogen and oxygen atoms in total. The highest BCUT2D eigenvalue weighted by molar-refractivity contribution is 5.98. The molecule has 2 aliphatic rings. The molecule has 0 bridgehead atoms. The van der Waals surface area contributed by atoms with Crippen LogP contribution in [0, 0.1) is 5.92 Å². The van der Waals surface area contributed by atoms with Gasteiger partial charge < -0.3 is 24.6 Å². The number of amides is 1. The molecule has 27 heavy (non-hydrogen) atoms. The van der Waals surface area contributed by atoms with Crippen LogP contribution in [0.3, 0.4) is 0 Å². The number of nitrogens with one attached hydrogen (secondary N) is 1. The molecule has 1 saturated heterocycles. The van der Waals surface area contributed by atoms with Crippen LogP contribution in [0.5, 0.6) is 0 Å². The van der Waals surface area contributed by atoms with Gasteiger partial charge in [-0.25, -0.2) is 4.79 Å². The summed E-state index contributed by atoms with van der Waals surface area (Å²) < 4.78 is 16.6. The Morgan fingerprint density at radius 1 is 1.26 bits per heavy atom. The Kier molecular flexibility index (Phi) is 5.37. The molecule has 146 valence electrons. The molecular weight excluding hydrogens is 350 g/mol. The highest BCUT2D eigenvalue weighted by Gasteiger charge is 2.58. The standard InChI is InChI=1S/C20H25NO6/c1-19(2)26-12-15(27-19)14-10-7-11-16(22)20(14,18(24)25-3)21-17(23)13-8-5-4-6-9-13/h4-9,11,14-16,22H,10,12H2,1-3H3,(H,21,23)/t14-,15+,16-,20+/m0/s1. The Morgan fingerprint density at radius 3 is 2.56 bits per heavy atom. The van der Waals surface area contributed by atoms with Crippen molar-refractivity contribution < 1.29 is 28.9 Å². The summed E-state index contributed by atoms with van der Waals surface area (Å²) in [5, 5.41) is 13.5. The number of aliphatic hydroxyl groups excluding tert-OH is 1. The monoisotopic (exact) mass is 375 g/mol. The molecule has 4 atom stereocenters. The van der Waals surface area contributed by atoms with E-state index < -0.39 is 41.3 Å². The van der Waals surface area contributed by atoms with Gasteiger partial charge >= 0.3 is 5.97 Å². The quantitative estimate of drug-likeness (QED) is 0.611. The lowest BCUT2D eigenvalue weighted by atomic mass is 9.70. The summed E-state index contributed by atoms with van der Waals surface area (Å²) >= 11 is 0. The molecular formula is C20H25NO6. The van der Waals surface area contributed by atoms with Crippen LogP contribution in [0.25, 0.3) is 0 Å². The number of rotatable bonds is 4. The smallest absolute Gasteiger partial charge is 0.335 e. The number of aliphatic hydroxyl groups is 1. The number of methoxy groups -OCH3 is 1. The van der Waals surface area contributed by atoms with Crippen molar-refractivity contribution in [1.29, 1.82) is 0 Å². The summed E-state index contributed by atoms with van der Waals surface area (Å²) in [6.45, 7) is 3.81. The minimum atomic E-state index is -1.68. The summed E-state index contributed by atoms with van der Waals surface area (Å²) in [5.41, 5.74) is -1.30. The number of allylic oxidation sites excluding steroid dienone is 1. The molecule has 3 rings (SSSR count). The molecule has 7 heteroatoms. The second-order valence-corrected chi connectivity index (χ2v) is 7.26. The highest BCUT2D eigenvalue weighted by atomic mass is 16.7. The molecule has 1 fully saturated rings. The van der Waals surface area contributed by atoms with Gasteiger partial charge in [0.2, 0.25) is 0 Å². The summed E-state index contributed by atoms with van der Waals surface area (Å²) in [6, 6.07) is 8.52. The number of hydrogen-bond donors (Lipinski definition) is 2. The van der Waals surface area contributed by atoms with E-state index in [9.17, 15) is 14.7 Å². The normalized spacial score (nSPS) is 32.1. The van der Waals surface area contributed by atoms with E-state index in [0.29, 0.717) is 12.0 Å². The number of esters is 1. The van der Waals surface area contributed by atoms with Gasteiger partial charge in [0.15, 0.2) is 11.3 Å². The van der Waals surface area contributed by atoms with Crippen molar-refractivity contribution in [2.45, 2.75) is 43.8 Å². The Labute approximate surface area is 158 Å². The third-order valence-electron chi connectivity index (χ3n) is 5.12. The zero-order valence-corrected chi connectivity index (χ0v) is 15.7. The molecule has 1 heterocycles. The third kappa shape index (κ3) is 3.63. The van der Waals surface area contributed by atoms with Crippen molar-refractivity contribution in [2.75, 3.05) is 13.7 Å². The predicted octanol–water partition coefficient (Wildman–Crippen LogP) is 1.42. The molecule has 0 spiro atoms. The van der Waals surface area contributed by atoms with Gasteiger partial charge in [-0.2, -0.15) is 0 Å². The predicted molar refractivity (Wildman–Crippen MR) is 96.8 cm³/mol. The van der Waals surface area contributed by atoms with Crippen molar-refractivity contribution in [3.8, 4) is 0 Å². The zero-order chi connectivity index (χ0) is 19.7. The first-order valence-corrected chi connectivity index (χ1v) is 8.92. The fraction of sp³-hybridized carbons (Fsp3) is 0.500. The number of carbonyl (C=O) groups is 2. The summed E-state index contributed by atoms with van der Waals surface area (Å²) in [7, 11) is 1.23. The maximum Gasteiger partial charge on any atom is 0.335 e. The Morgan fingerprint density at radius 2 is 1.96 bits per heavy atom. The van der Waals surface area contributed by atoms with Crippen LogP contribution in [-0.4, -0.2) is 54.2 Å². The lowest BCUT2D eigenvalue weighted by molar-refractivity contribution is -0.169. The van der Waals surface area contributed by atoms with Crippen LogP contribution >= 0.6 is 0 Å². The van der Waals surface area contributed by atoms with Crippen molar-refractivity contribution in [3.05, 3.63) is 48.0 Å². The first-order valence-electron chi connectivity index (χ1n) is 8.92. The van der Waals surface area contributed by atoms with E-state index in [1.54, 1.807) is 50.3 Å². The van der Waals surface area contributed by atoms with E-state index in [-0.39, 0.29) is 6.61 Å². The molecule has 2 N–H and O–H groups in total. The second-order valence-electron chi connectivity index (χ2n) is 7.26. The molecule has 0 radical (unpaired) electrons. The average Bonchev–Trinajstić information content (AvgIpc) is 3.02. The first-order chi connectivity index (χ1) is 12.8. The molecule has 1 aliphatic heterocycles. The number of carbonyl (C=O) groups excluding carboxylic acids is 2. The molecule has 1 aromatic carbocycles. The maximum absolute atomic E-state index is 12.9. The van der Waals surface area contributed by atoms with Crippen molar-refractivity contribution in [1.82, 2.24) is 5.32 Å². The van der Waals surface area contributed by atoms with Gasteiger partial charge in [-0.15, -0.1) is 0 Å². The first kappa shape index (κ1) is 19.5. The average molecular weight is 375 g/mol. The Balaban J connectivity index is 1.99. The van der Waals surface area contributed by atoms with Crippen LogP contribution in [-0.2, 0) is 19.0 Å². The van der Waals surface area contributed by atoms with Crippen LogP contribution < -0.4 is 5.32 Å². The topological polar surface area (TPSA) is 94.1 Å². The Hall–Kier alpha value is -2.22. The molecule has 1 aromatic rings. The van der Waals surface area contributed by atoms with Crippen LogP contribution in [0.2, 0.25) is 0 Å². The van der Waals surface area contributed by atoms with Gasteiger partial charge in [0.1, 0.15) is 6.10 Å². The second kappa shape index (κ2) is 7.42. The molecule has 1 aliphatic carbocycles. The minimum absolute atomic E-state index is 0.248. The van der Waals surface area contributed by atoms with Gasteiger partial charge in [-0.3, -0.25) is 4.79 Å². The maximum atomic E-state index is 12.9. The third-order valence-corrected chi connectivity index (χ3v) is 5.12. The number of hydrogen-bond acceptors (Lipinski definition) is 6. The largest absolute Gasteiger partial charge is 0.467 e. The summed E-state index contributed by atoms with van der Waals surface area (Å²) in [4.78, 5) is 25.7. The zero-order valence-electron chi connectivity index (χ0n) is 15.7.